The van der Waals surface area contributed by atoms with Gasteiger partial charge in [-0.15, -0.1) is 0 Å². The molecule has 4 heterocycles. The van der Waals surface area contributed by atoms with Gasteiger partial charge in [-0.2, -0.15) is 9.97 Å². The highest BCUT2D eigenvalue weighted by molar-refractivity contribution is 5.94. The molecule has 0 saturated carbocycles. The number of benzene rings is 1. The van der Waals surface area contributed by atoms with Crippen LogP contribution in [0.15, 0.2) is 36.5 Å². The number of nitrogens with two attached hydrogens (primary N) is 1. The third kappa shape index (κ3) is 4.75. The Hall–Kier alpha value is -3.59. The number of likely N-dealkylation sites (N-methyl/N-ethyl adjacent to an activating group) is 1. The highest BCUT2D eigenvalue weighted by Gasteiger charge is 2.26. The average Bonchev–Trinajstić information content (AvgIpc) is 3.25. The number of anilines is 3. The van der Waals surface area contributed by atoms with Crippen LogP contribution in [0, 0.1) is 0 Å². The van der Waals surface area contributed by atoms with Gasteiger partial charge in [0.2, 0.25) is 5.95 Å². The Balaban J connectivity index is 1.42. The van der Waals surface area contributed by atoms with E-state index >= 15 is 0 Å². The van der Waals surface area contributed by atoms with Gasteiger partial charge in [0.15, 0.2) is 0 Å². The van der Waals surface area contributed by atoms with Gasteiger partial charge in [-0.05, 0) is 56.1 Å². The van der Waals surface area contributed by atoms with Crippen molar-refractivity contribution in [2.75, 3.05) is 55.3 Å². The first kappa shape index (κ1) is 24.1. The smallest absolute Gasteiger partial charge is 0.267 e. The van der Waals surface area contributed by atoms with Gasteiger partial charge in [-0.3, -0.25) is 4.79 Å². The normalized spacial score (nSPS) is 18.3. The zero-order valence-electron chi connectivity index (χ0n) is 21.7. The molecule has 2 aliphatic heterocycles. The lowest BCUT2D eigenvalue weighted by Gasteiger charge is -2.37. The zero-order valence-corrected chi connectivity index (χ0v) is 21.7. The molecule has 9 heteroatoms. The molecule has 1 atom stereocenters. The number of amides is 1. The van der Waals surface area contributed by atoms with Crippen molar-refractivity contribution in [2.45, 2.75) is 32.9 Å². The van der Waals surface area contributed by atoms with Gasteiger partial charge in [0, 0.05) is 70.2 Å². The number of nitrogens with one attached hydrogen (secondary N) is 1. The van der Waals surface area contributed by atoms with E-state index in [-0.39, 0.29) is 5.91 Å². The van der Waals surface area contributed by atoms with Gasteiger partial charge in [0.25, 0.3) is 5.91 Å². The summed E-state index contributed by atoms with van der Waals surface area (Å²) < 4.78 is 1.89. The second kappa shape index (κ2) is 9.81. The Bertz CT molecular complexity index is 1260. The number of piperazine rings is 1. The summed E-state index contributed by atoms with van der Waals surface area (Å²) >= 11 is 0. The summed E-state index contributed by atoms with van der Waals surface area (Å²) in [5, 5.41) is 2.89. The molecule has 2 aromatic heterocycles. The number of hydrogen-bond acceptors (Lipinski definition) is 7. The van der Waals surface area contributed by atoms with Gasteiger partial charge < -0.3 is 30.3 Å². The van der Waals surface area contributed by atoms with Crippen LogP contribution >= 0.6 is 0 Å². The Morgan fingerprint density at radius 2 is 1.78 bits per heavy atom. The lowest BCUT2D eigenvalue weighted by atomic mass is 9.92. The molecular formula is C27H36N8O. The van der Waals surface area contributed by atoms with Crippen molar-refractivity contribution in [3.8, 4) is 11.1 Å². The molecule has 0 radical (unpaired) electrons. The lowest BCUT2D eigenvalue weighted by molar-refractivity contribution is 0.0947. The number of hydrogen-bond donors (Lipinski definition) is 2. The Kier molecular flexibility index (Phi) is 6.57. The topological polar surface area (TPSA) is 95.6 Å². The van der Waals surface area contributed by atoms with Crippen molar-refractivity contribution in [3.05, 3.63) is 53.3 Å². The molecule has 3 aromatic rings. The van der Waals surface area contributed by atoms with Gasteiger partial charge in [0.1, 0.15) is 17.3 Å². The van der Waals surface area contributed by atoms with Crippen molar-refractivity contribution >= 4 is 23.5 Å². The summed E-state index contributed by atoms with van der Waals surface area (Å²) in [4.78, 5) is 28.5. The maximum atomic E-state index is 12.4. The third-order valence-corrected chi connectivity index (χ3v) is 7.34. The Labute approximate surface area is 212 Å². The maximum Gasteiger partial charge on any atom is 0.267 e. The number of nitrogen functional groups attached to an aromatic ring is 1. The summed E-state index contributed by atoms with van der Waals surface area (Å²) in [6, 6.07) is 11.0. The van der Waals surface area contributed by atoms with E-state index in [9.17, 15) is 4.79 Å². The van der Waals surface area contributed by atoms with Crippen LogP contribution in [0.2, 0.25) is 0 Å². The van der Waals surface area contributed by atoms with Crippen molar-refractivity contribution < 1.29 is 4.79 Å². The van der Waals surface area contributed by atoms with Gasteiger partial charge in [-0.25, -0.2) is 0 Å². The molecule has 3 N–H and O–H groups in total. The number of aromatic nitrogens is 3. The molecule has 1 amide bonds. The van der Waals surface area contributed by atoms with Gasteiger partial charge in [0.05, 0.1) is 0 Å². The van der Waals surface area contributed by atoms with Crippen molar-refractivity contribution in [2.24, 2.45) is 7.05 Å². The summed E-state index contributed by atoms with van der Waals surface area (Å²) in [5.74, 6) is 2.04. The van der Waals surface area contributed by atoms with Crippen LogP contribution in [0.4, 0.5) is 17.6 Å². The van der Waals surface area contributed by atoms with Crippen molar-refractivity contribution in [3.63, 3.8) is 0 Å². The summed E-state index contributed by atoms with van der Waals surface area (Å²) in [6.45, 7) is 9.41. The summed E-state index contributed by atoms with van der Waals surface area (Å²) in [6.07, 6.45) is 2.95. The van der Waals surface area contributed by atoms with Gasteiger partial charge >= 0.3 is 0 Å². The number of carbonyl (C=O) groups excluding carboxylic acids is 1. The van der Waals surface area contributed by atoms with Crippen LogP contribution in [0.3, 0.4) is 0 Å². The van der Waals surface area contributed by atoms with E-state index in [1.165, 1.54) is 11.1 Å². The molecule has 0 spiro atoms. The number of nitrogens with zero attached hydrogens (tertiary/aromatic N) is 6. The van der Waals surface area contributed by atoms with E-state index in [1.807, 2.05) is 30.8 Å². The Morgan fingerprint density at radius 1 is 1.03 bits per heavy atom. The van der Waals surface area contributed by atoms with Gasteiger partial charge in [-0.1, -0.05) is 12.1 Å². The summed E-state index contributed by atoms with van der Waals surface area (Å²) in [5.41, 5.74) is 11.6. The van der Waals surface area contributed by atoms with Crippen LogP contribution < -0.4 is 20.9 Å². The van der Waals surface area contributed by atoms with Crippen LogP contribution in [-0.2, 0) is 20.0 Å². The molecule has 1 aromatic carbocycles. The fourth-order valence-corrected chi connectivity index (χ4v) is 5.21. The van der Waals surface area contributed by atoms with E-state index in [0.29, 0.717) is 24.2 Å². The molecule has 2 aliphatic rings. The largest absolute Gasteiger partial charge is 0.368 e. The molecule has 1 fully saturated rings. The quantitative estimate of drug-likeness (QED) is 0.570. The molecule has 5 rings (SSSR count). The summed E-state index contributed by atoms with van der Waals surface area (Å²) in [7, 11) is 4.06. The third-order valence-electron chi connectivity index (χ3n) is 7.34. The number of aryl methyl sites for hydroxylation is 1. The van der Waals surface area contributed by atoms with E-state index in [0.717, 1.165) is 61.9 Å². The van der Waals surface area contributed by atoms with E-state index in [4.69, 9.17) is 5.73 Å². The number of fused-ring (bicyclic) bond motifs is 1. The molecule has 36 heavy (non-hydrogen) atoms. The average molecular weight is 489 g/mol. The Morgan fingerprint density at radius 3 is 2.53 bits per heavy atom. The highest BCUT2D eigenvalue weighted by atomic mass is 16.1. The minimum atomic E-state index is -0.0540. The second-order valence-corrected chi connectivity index (χ2v) is 9.98. The zero-order chi connectivity index (χ0) is 25.4. The molecule has 0 bridgehead atoms. The first-order valence-corrected chi connectivity index (χ1v) is 12.7. The monoisotopic (exact) mass is 488 g/mol. The maximum absolute atomic E-state index is 12.4. The first-order chi connectivity index (χ1) is 17.3. The predicted octanol–water partition coefficient (Wildman–Crippen LogP) is 2.52. The fraction of sp³-hybridized carbons (Fsp3) is 0.444. The van der Waals surface area contributed by atoms with Crippen molar-refractivity contribution in [1.82, 2.24) is 24.8 Å². The molecular weight excluding hydrogens is 452 g/mol. The second-order valence-electron chi connectivity index (χ2n) is 9.98. The first-order valence-electron chi connectivity index (χ1n) is 12.7. The van der Waals surface area contributed by atoms with E-state index < -0.39 is 0 Å². The van der Waals surface area contributed by atoms with E-state index in [2.05, 4.69) is 68.2 Å². The fourth-order valence-electron chi connectivity index (χ4n) is 5.21. The van der Waals surface area contributed by atoms with Crippen LogP contribution in [0.1, 0.15) is 35.5 Å². The molecule has 0 aliphatic carbocycles. The van der Waals surface area contributed by atoms with Crippen LogP contribution in [0.25, 0.3) is 11.1 Å². The number of rotatable bonds is 5. The highest BCUT2D eigenvalue weighted by Crippen LogP contribution is 2.33. The molecule has 190 valence electrons. The molecule has 1 saturated heterocycles. The minimum Gasteiger partial charge on any atom is -0.368 e. The predicted molar refractivity (Wildman–Crippen MR) is 144 cm³/mol. The SMILES string of the molecule is CCNC(=O)c1cc(-c2ccc3c(c2)CN(c2cc(N4CCN(C)CC4)nc(N)n2)C(C)C3)cn1C. The lowest BCUT2D eigenvalue weighted by Crippen LogP contribution is -2.45. The van der Waals surface area contributed by atoms with Crippen molar-refractivity contribution in [1.29, 1.82) is 0 Å². The number of carbonyl (C=O) groups is 1. The van der Waals surface area contributed by atoms with E-state index in [1.54, 1.807) is 0 Å². The standard InChI is InChI=1S/C27H36N8O/c1-5-29-26(36)23-14-22(16-33(23)4)20-7-6-19-12-18(2)35(17-21(19)13-20)25-15-24(30-27(28)31-25)34-10-8-32(3)9-11-34/h6-7,13-16,18H,5,8-12,17H2,1-4H3,(H,29,36)(H2,28,30,31). The molecule has 1 unspecified atom stereocenters. The van der Waals surface area contributed by atoms with Crippen LogP contribution in [-0.4, -0.2) is 71.2 Å². The molecule has 9 nitrogen and oxygen atoms in total. The minimum absolute atomic E-state index is 0.0540. The van der Waals surface area contributed by atoms with Crippen LogP contribution in [0.5, 0.6) is 0 Å².